The molecule has 5 rings (SSSR count). The van der Waals surface area contributed by atoms with Gasteiger partial charge in [-0.25, -0.2) is 9.55 Å². The number of hydrogen-bond acceptors (Lipinski definition) is 13. The molecule has 39 heavy (non-hydrogen) atoms. The van der Waals surface area contributed by atoms with Gasteiger partial charge in [0.05, 0.1) is 16.5 Å². The van der Waals surface area contributed by atoms with Crippen molar-refractivity contribution in [3.05, 3.63) is 46.4 Å². The van der Waals surface area contributed by atoms with Crippen LogP contribution < -0.4 is 15.6 Å². The molecule has 0 unspecified atom stereocenters. The predicted octanol–water partition coefficient (Wildman–Crippen LogP) is 1.08. The Hall–Kier alpha value is -3.47. The summed E-state index contributed by atoms with van der Waals surface area (Å²) in [5.41, 5.74) is 7.88. The number of aryl methyl sites for hydroxylation is 1. The van der Waals surface area contributed by atoms with Gasteiger partial charge in [-0.05, 0) is 13.8 Å². The van der Waals surface area contributed by atoms with Crippen molar-refractivity contribution < 1.29 is 23.8 Å². The normalized spacial score (nSPS) is 19.1. The van der Waals surface area contributed by atoms with Crippen LogP contribution in [0.15, 0.2) is 40.8 Å². The van der Waals surface area contributed by atoms with E-state index in [1.165, 1.54) is 28.0 Å². The van der Waals surface area contributed by atoms with Crippen LogP contribution in [-0.4, -0.2) is 65.2 Å². The van der Waals surface area contributed by atoms with Gasteiger partial charge in [0.2, 0.25) is 11.5 Å². The molecule has 1 saturated heterocycles. The second-order valence-electron chi connectivity index (χ2n) is 8.82. The number of fused-ring (bicyclic) bond motifs is 1. The number of nitrogens with one attached hydrogen (secondary N) is 1. The molecule has 0 radical (unpaired) electrons. The topological polar surface area (TPSA) is 157 Å². The second kappa shape index (κ2) is 11.0. The molecular weight excluding hydrogens is 581 g/mol. The predicted molar refractivity (Wildman–Crippen MR) is 150 cm³/mol. The Morgan fingerprint density at radius 3 is 2.69 bits per heavy atom. The average Bonchev–Trinajstić information content (AvgIpc) is 3.56. The van der Waals surface area contributed by atoms with Crippen LogP contribution in [0.5, 0.6) is 0 Å². The number of carbonyl (C=O) groups is 3. The van der Waals surface area contributed by atoms with E-state index in [-0.39, 0.29) is 28.5 Å². The lowest BCUT2D eigenvalue weighted by Crippen LogP contribution is -2.70. The summed E-state index contributed by atoms with van der Waals surface area (Å²) in [4.78, 5) is 54.3. The van der Waals surface area contributed by atoms with Gasteiger partial charge >= 0.3 is 0 Å². The minimum absolute atomic E-state index is 0.00840. The molecule has 2 aliphatic rings. The summed E-state index contributed by atoms with van der Waals surface area (Å²) in [5.74, 6) is -0.787. The maximum Gasteiger partial charge on any atom is 0.278 e. The molecule has 12 nitrogen and oxygen atoms in total. The van der Waals surface area contributed by atoms with E-state index in [9.17, 15) is 14.4 Å². The lowest BCUT2D eigenvalue weighted by molar-refractivity contribution is -0.671. The van der Waals surface area contributed by atoms with Crippen molar-refractivity contribution in [1.82, 2.24) is 24.6 Å². The highest BCUT2D eigenvalue weighted by Gasteiger charge is 2.53. The lowest BCUT2D eigenvalue weighted by atomic mass is 10.0. The number of nitrogen functional groups attached to an aromatic ring is 1. The molecule has 202 valence electrons. The fraction of sp³-hybridized carbons (Fsp3) is 0.304. The standard InChI is InChI=1S/C23H22N8O4S4/c1-10(2)35-28-14(17-27-23(24)39-29-17)18(32)26-15-20(33)31-16(22(34)36)12(8-38-21(15)31)19-25-13(9-37-19)11-4-6-30(3)7-5-11/h4-7,9-10,15,21H,8H2,1-3H3,(H3-,24,26,27,29,32,34,36)/b28-14-/t15-,21-/m1/s1. The largest absolute Gasteiger partial charge is 0.735 e. The summed E-state index contributed by atoms with van der Waals surface area (Å²) in [6.45, 7) is 3.49. The molecule has 16 heteroatoms. The minimum atomic E-state index is -0.912. The number of nitrogens with two attached hydrogens (primary N) is 1. The third-order valence-corrected chi connectivity index (χ3v) is 8.63. The maximum absolute atomic E-state index is 13.2. The summed E-state index contributed by atoms with van der Waals surface area (Å²) >= 11 is 8.71. The summed E-state index contributed by atoms with van der Waals surface area (Å²) in [6.07, 6.45) is 3.54. The number of pyridine rings is 1. The Morgan fingerprint density at radius 1 is 1.31 bits per heavy atom. The number of oxime groups is 1. The van der Waals surface area contributed by atoms with Gasteiger partial charge in [-0.15, -0.1) is 23.1 Å². The van der Waals surface area contributed by atoms with Crippen molar-refractivity contribution >= 4 is 80.6 Å². The van der Waals surface area contributed by atoms with Gasteiger partial charge in [0, 0.05) is 45.9 Å². The number of anilines is 1. The zero-order valence-corrected chi connectivity index (χ0v) is 24.1. The molecule has 2 aliphatic heterocycles. The van der Waals surface area contributed by atoms with Crippen LogP contribution in [0, 0.1) is 0 Å². The molecule has 2 atom stereocenters. The smallest absolute Gasteiger partial charge is 0.278 e. The maximum atomic E-state index is 13.2. The van der Waals surface area contributed by atoms with E-state index in [0.29, 0.717) is 16.3 Å². The second-order valence-corrected chi connectivity index (χ2v) is 11.9. The van der Waals surface area contributed by atoms with E-state index in [4.69, 9.17) is 28.2 Å². The molecule has 3 aromatic rings. The highest BCUT2D eigenvalue weighted by atomic mass is 32.2. The first-order valence-corrected chi connectivity index (χ1v) is 14.7. The highest BCUT2D eigenvalue weighted by molar-refractivity contribution is 8.00. The van der Waals surface area contributed by atoms with Gasteiger partial charge in [-0.3, -0.25) is 14.5 Å². The Balaban J connectivity index is 1.38. The number of β-lactam (4-membered cyclic amide) rings is 1. The summed E-state index contributed by atoms with van der Waals surface area (Å²) in [5, 5.41) is 8.05. The van der Waals surface area contributed by atoms with Gasteiger partial charge in [-0.2, -0.15) is 9.36 Å². The van der Waals surface area contributed by atoms with Crippen LogP contribution in [0.4, 0.5) is 5.13 Å². The molecule has 5 heterocycles. The Labute approximate surface area is 240 Å². The van der Waals surface area contributed by atoms with Crippen LogP contribution in [-0.2, 0) is 38.9 Å². The SMILES string of the molecule is CC(C)O/N=C(\C(=O)N[C@@H]1C(=O)N2C(C(=O)[S-])=C(c3nc(-c4cc[n+](C)cc4)cs3)CS[C@H]12)c1nsc(N)n1. The van der Waals surface area contributed by atoms with Crippen molar-refractivity contribution in [2.45, 2.75) is 31.4 Å². The number of thioether (sulfide) groups is 1. The lowest BCUT2D eigenvalue weighted by Gasteiger charge is -2.50. The first kappa shape index (κ1) is 27.1. The van der Waals surface area contributed by atoms with E-state index >= 15 is 0 Å². The monoisotopic (exact) mass is 602 g/mol. The molecule has 0 spiro atoms. The van der Waals surface area contributed by atoms with Crippen LogP contribution >= 0.6 is 34.6 Å². The first-order valence-electron chi connectivity index (χ1n) is 11.6. The zero-order valence-electron chi connectivity index (χ0n) is 20.9. The molecule has 2 amide bonds. The number of carbonyl (C=O) groups excluding carboxylic acids is 3. The fourth-order valence-corrected chi connectivity index (χ4v) is 6.84. The van der Waals surface area contributed by atoms with Crippen molar-refractivity contribution in [2.24, 2.45) is 12.2 Å². The molecule has 0 saturated carbocycles. The van der Waals surface area contributed by atoms with Crippen LogP contribution in [0.3, 0.4) is 0 Å². The minimum Gasteiger partial charge on any atom is -0.735 e. The van der Waals surface area contributed by atoms with Crippen molar-refractivity contribution in [3.8, 4) is 11.3 Å². The summed E-state index contributed by atoms with van der Waals surface area (Å²) < 4.78 is 5.96. The van der Waals surface area contributed by atoms with Gasteiger partial charge in [0.15, 0.2) is 17.5 Å². The highest BCUT2D eigenvalue weighted by Crippen LogP contribution is 2.44. The molecule has 0 bridgehead atoms. The Bertz CT molecular complexity index is 1510. The van der Waals surface area contributed by atoms with Gasteiger partial charge in [-0.1, -0.05) is 5.16 Å². The number of aromatic nitrogens is 4. The van der Waals surface area contributed by atoms with Crippen molar-refractivity contribution in [1.29, 1.82) is 0 Å². The Kier molecular flexibility index (Phi) is 7.61. The molecule has 0 aliphatic carbocycles. The molecule has 1 fully saturated rings. The van der Waals surface area contributed by atoms with Crippen LogP contribution in [0.25, 0.3) is 16.8 Å². The fourth-order valence-electron chi connectivity index (χ4n) is 3.87. The summed E-state index contributed by atoms with van der Waals surface area (Å²) in [7, 11) is 1.93. The van der Waals surface area contributed by atoms with E-state index < -0.39 is 28.3 Å². The van der Waals surface area contributed by atoms with E-state index in [1.807, 2.05) is 41.5 Å². The zero-order chi connectivity index (χ0) is 27.8. The number of amides is 2. The Morgan fingerprint density at radius 2 is 2.05 bits per heavy atom. The number of thiazole rings is 1. The average molecular weight is 603 g/mol. The molecule has 3 N–H and O–H groups in total. The van der Waals surface area contributed by atoms with Gasteiger partial charge < -0.3 is 33.3 Å². The molecular formula is C23H22N8O4S4. The molecule has 0 aromatic carbocycles. The van der Waals surface area contributed by atoms with Crippen LogP contribution in [0.1, 0.15) is 24.7 Å². The first-order chi connectivity index (χ1) is 18.6. The third kappa shape index (κ3) is 5.36. The number of rotatable bonds is 8. The van der Waals surface area contributed by atoms with Crippen LogP contribution in [0.2, 0.25) is 0 Å². The van der Waals surface area contributed by atoms with E-state index in [2.05, 4.69) is 19.8 Å². The summed E-state index contributed by atoms with van der Waals surface area (Å²) in [6, 6.07) is 2.98. The number of nitrogens with zero attached hydrogens (tertiary/aromatic N) is 6. The molecule has 3 aromatic heterocycles. The van der Waals surface area contributed by atoms with Gasteiger partial charge in [0.1, 0.15) is 29.6 Å². The van der Waals surface area contributed by atoms with E-state index in [1.54, 1.807) is 13.8 Å². The van der Waals surface area contributed by atoms with Gasteiger partial charge in [0.25, 0.3) is 11.8 Å². The number of hydrogen-bond donors (Lipinski definition) is 2. The van der Waals surface area contributed by atoms with E-state index in [0.717, 1.165) is 22.8 Å². The van der Waals surface area contributed by atoms with Crippen molar-refractivity contribution in [2.75, 3.05) is 11.5 Å². The quantitative estimate of drug-likeness (QED) is 0.126. The van der Waals surface area contributed by atoms with Crippen molar-refractivity contribution in [3.63, 3.8) is 0 Å². The third-order valence-electron chi connectivity index (χ3n) is 5.71.